The zero-order valence-electron chi connectivity index (χ0n) is 13.1. The average Bonchev–Trinajstić information content (AvgIpc) is 2.44. The molecule has 21 heavy (non-hydrogen) atoms. The molecule has 0 radical (unpaired) electrons. The summed E-state index contributed by atoms with van der Waals surface area (Å²) in [6, 6.07) is 7.88. The van der Waals surface area contributed by atoms with Crippen molar-refractivity contribution in [2.45, 2.75) is 32.8 Å². The van der Waals surface area contributed by atoms with Gasteiger partial charge >= 0.3 is 0 Å². The molecule has 0 spiro atoms. The third kappa shape index (κ3) is 7.11. The summed E-state index contributed by atoms with van der Waals surface area (Å²) in [7, 11) is 0. The van der Waals surface area contributed by atoms with Gasteiger partial charge < -0.3 is 20.5 Å². The highest BCUT2D eigenvalue weighted by molar-refractivity contribution is 5.72. The SMILES string of the molecule is CC(=O)NCCNC[C@@H](O)COc1ccccc1C(C)C. The fourth-order valence-corrected chi connectivity index (χ4v) is 1.93. The first-order valence-corrected chi connectivity index (χ1v) is 7.35. The monoisotopic (exact) mass is 294 g/mol. The summed E-state index contributed by atoms with van der Waals surface area (Å²) in [4.78, 5) is 10.7. The number of nitrogens with one attached hydrogen (secondary N) is 2. The summed E-state index contributed by atoms with van der Waals surface area (Å²) >= 11 is 0. The molecule has 0 fully saturated rings. The molecule has 1 amide bonds. The summed E-state index contributed by atoms with van der Waals surface area (Å²) in [6.45, 7) is 7.57. The van der Waals surface area contributed by atoms with Crippen LogP contribution in [0.25, 0.3) is 0 Å². The predicted molar refractivity (Wildman–Crippen MR) is 83.6 cm³/mol. The van der Waals surface area contributed by atoms with Gasteiger partial charge in [0.15, 0.2) is 0 Å². The summed E-state index contributed by atoms with van der Waals surface area (Å²) in [5.41, 5.74) is 1.14. The largest absolute Gasteiger partial charge is 0.491 e. The predicted octanol–water partition coefficient (Wildman–Crippen LogP) is 1.28. The lowest BCUT2D eigenvalue weighted by Crippen LogP contribution is -2.36. The molecule has 0 aliphatic rings. The van der Waals surface area contributed by atoms with Gasteiger partial charge in [-0.3, -0.25) is 4.79 Å². The second kappa shape index (κ2) is 9.37. The van der Waals surface area contributed by atoms with Crippen molar-refractivity contribution in [3.05, 3.63) is 29.8 Å². The molecule has 0 heterocycles. The lowest BCUT2D eigenvalue weighted by atomic mass is 10.0. The third-order valence-corrected chi connectivity index (χ3v) is 3.03. The van der Waals surface area contributed by atoms with Gasteiger partial charge in [-0.05, 0) is 17.5 Å². The van der Waals surface area contributed by atoms with Gasteiger partial charge in [0.1, 0.15) is 18.5 Å². The van der Waals surface area contributed by atoms with E-state index in [1.807, 2.05) is 24.3 Å². The Labute approximate surface area is 126 Å². The van der Waals surface area contributed by atoms with Crippen molar-refractivity contribution in [3.8, 4) is 5.75 Å². The van der Waals surface area contributed by atoms with Crippen LogP contribution in [0.5, 0.6) is 5.75 Å². The van der Waals surface area contributed by atoms with Crippen molar-refractivity contribution in [1.29, 1.82) is 0 Å². The van der Waals surface area contributed by atoms with E-state index in [-0.39, 0.29) is 12.5 Å². The minimum Gasteiger partial charge on any atom is -0.491 e. The zero-order valence-corrected chi connectivity index (χ0v) is 13.1. The van der Waals surface area contributed by atoms with Crippen LogP contribution in [0.2, 0.25) is 0 Å². The summed E-state index contributed by atoms with van der Waals surface area (Å²) < 4.78 is 5.70. The number of carbonyl (C=O) groups is 1. The number of hydrogen-bond donors (Lipinski definition) is 3. The van der Waals surface area contributed by atoms with Gasteiger partial charge in [0.05, 0.1) is 0 Å². The number of para-hydroxylation sites is 1. The van der Waals surface area contributed by atoms with Crippen molar-refractivity contribution in [1.82, 2.24) is 10.6 Å². The van der Waals surface area contributed by atoms with E-state index in [4.69, 9.17) is 4.74 Å². The number of rotatable bonds is 9. The fraction of sp³-hybridized carbons (Fsp3) is 0.562. The number of hydrogen-bond acceptors (Lipinski definition) is 4. The Morgan fingerprint density at radius 1 is 1.29 bits per heavy atom. The van der Waals surface area contributed by atoms with E-state index in [1.54, 1.807) is 0 Å². The maximum atomic E-state index is 10.7. The van der Waals surface area contributed by atoms with Crippen LogP contribution in [-0.2, 0) is 4.79 Å². The number of aliphatic hydroxyl groups excluding tert-OH is 1. The Morgan fingerprint density at radius 3 is 2.67 bits per heavy atom. The van der Waals surface area contributed by atoms with E-state index in [9.17, 15) is 9.90 Å². The molecule has 1 rings (SSSR count). The van der Waals surface area contributed by atoms with Gasteiger partial charge in [-0.2, -0.15) is 0 Å². The molecule has 0 saturated heterocycles. The highest BCUT2D eigenvalue weighted by atomic mass is 16.5. The van der Waals surface area contributed by atoms with E-state index in [2.05, 4.69) is 24.5 Å². The summed E-state index contributed by atoms with van der Waals surface area (Å²) in [6.07, 6.45) is -0.581. The van der Waals surface area contributed by atoms with Gasteiger partial charge in [0.2, 0.25) is 5.91 Å². The second-order valence-corrected chi connectivity index (χ2v) is 5.34. The van der Waals surface area contributed by atoms with Crippen LogP contribution in [-0.4, -0.2) is 43.4 Å². The van der Waals surface area contributed by atoms with Crippen molar-refractivity contribution < 1.29 is 14.6 Å². The zero-order chi connectivity index (χ0) is 15.7. The second-order valence-electron chi connectivity index (χ2n) is 5.34. The van der Waals surface area contributed by atoms with E-state index >= 15 is 0 Å². The lowest BCUT2D eigenvalue weighted by Gasteiger charge is -2.17. The van der Waals surface area contributed by atoms with Gasteiger partial charge in [0.25, 0.3) is 0 Å². The van der Waals surface area contributed by atoms with E-state index in [0.717, 1.165) is 11.3 Å². The molecule has 0 saturated carbocycles. The molecule has 118 valence electrons. The molecule has 0 aromatic heterocycles. The van der Waals surface area contributed by atoms with Crippen LogP contribution >= 0.6 is 0 Å². The Morgan fingerprint density at radius 2 is 2.00 bits per heavy atom. The standard InChI is InChI=1S/C16H26N2O3/c1-12(2)15-6-4-5-7-16(15)21-11-14(20)10-17-8-9-18-13(3)19/h4-7,12,14,17,20H,8-11H2,1-3H3,(H,18,19)/t14-/m1/s1. The first kappa shape index (κ1) is 17.5. The first-order valence-electron chi connectivity index (χ1n) is 7.35. The van der Waals surface area contributed by atoms with Crippen molar-refractivity contribution in [2.75, 3.05) is 26.2 Å². The molecule has 3 N–H and O–H groups in total. The molecule has 5 nitrogen and oxygen atoms in total. The Bertz CT molecular complexity index is 435. The average molecular weight is 294 g/mol. The quantitative estimate of drug-likeness (QED) is 0.600. The molecule has 1 aromatic rings. The van der Waals surface area contributed by atoms with Crippen LogP contribution in [0.4, 0.5) is 0 Å². The van der Waals surface area contributed by atoms with Crippen LogP contribution in [0.15, 0.2) is 24.3 Å². The lowest BCUT2D eigenvalue weighted by molar-refractivity contribution is -0.118. The Hall–Kier alpha value is -1.59. The van der Waals surface area contributed by atoms with Crippen molar-refractivity contribution in [2.24, 2.45) is 0 Å². The van der Waals surface area contributed by atoms with E-state index in [0.29, 0.717) is 25.6 Å². The van der Waals surface area contributed by atoms with E-state index in [1.165, 1.54) is 6.92 Å². The third-order valence-electron chi connectivity index (χ3n) is 3.03. The number of ether oxygens (including phenoxy) is 1. The Balaban J connectivity index is 2.27. The topological polar surface area (TPSA) is 70.6 Å². The molecular formula is C16H26N2O3. The van der Waals surface area contributed by atoms with Gasteiger partial charge in [-0.1, -0.05) is 32.0 Å². The summed E-state index contributed by atoms with van der Waals surface area (Å²) in [5.74, 6) is 1.16. The molecule has 0 aliphatic carbocycles. The number of aliphatic hydroxyl groups is 1. The highest BCUT2D eigenvalue weighted by Gasteiger charge is 2.09. The van der Waals surface area contributed by atoms with Crippen LogP contribution in [0, 0.1) is 0 Å². The normalized spacial score (nSPS) is 12.2. The fourth-order valence-electron chi connectivity index (χ4n) is 1.93. The maximum Gasteiger partial charge on any atom is 0.216 e. The number of benzene rings is 1. The van der Waals surface area contributed by atoms with Crippen LogP contribution < -0.4 is 15.4 Å². The van der Waals surface area contributed by atoms with Crippen molar-refractivity contribution in [3.63, 3.8) is 0 Å². The van der Waals surface area contributed by atoms with Crippen molar-refractivity contribution >= 4 is 5.91 Å². The van der Waals surface area contributed by atoms with E-state index < -0.39 is 6.10 Å². The van der Waals surface area contributed by atoms with Gasteiger partial charge in [-0.25, -0.2) is 0 Å². The molecular weight excluding hydrogens is 268 g/mol. The first-order chi connectivity index (χ1) is 10.0. The highest BCUT2D eigenvalue weighted by Crippen LogP contribution is 2.25. The maximum absolute atomic E-state index is 10.7. The molecule has 0 aliphatic heterocycles. The number of amides is 1. The molecule has 0 unspecified atom stereocenters. The molecule has 1 aromatic carbocycles. The molecule has 5 heteroatoms. The number of carbonyl (C=O) groups excluding carboxylic acids is 1. The van der Waals surface area contributed by atoms with Crippen LogP contribution in [0.1, 0.15) is 32.3 Å². The minimum absolute atomic E-state index is 0.0500. The molecule has 1 atom stereocenters. The Kier molecular flexibility index (Phi) is 7.79. The van der Waals surface area contributed by atoms with Gasteiger partial charge in [-0.15, -0.1) is 0 Å². The smallest absolute Gasteiger partial charge is 0.216 e. The van der Waals surface area contributed by atoms with Gasteiger partial charge in [0, 0.05) is 26.6 Å². The van der Waals surface area contributed by atoms with Crippen LogP contribution in [0.3, 0.4) is 0 Å². The molecule has 0 bridgehead atoms. The summed E-state index contributed by atoms with van der Waals surface area (Å²) in [5, 5.41) is 15.6. The minimum atomic E-state index is -0.581.